The molecule has 0 amide bonds. The number of rotatable bonds is 15. The molecular formula is C54H84O19. The van der Waals surface area contributed by atoms with Crippen LogP contribution in [0.3, 0.4) is 0 Å². The predicted molar refractivity (Wildman–Crippen MR) is 258 cm³/mol. The van der Waals surface area contributed by atoms with Gasteiger partial charge in [-0.2, -0.15) is 0 Å². The van der Waals surface area contributed by atoms with Gasteiger partial charge < -0.3 is 86.1 Å². The molecule has 1 aromatic rings. The van der Waals surface area contributed by atoms with Crippen molar-refractivity contribution in [3.63, 3.8) is 0 Å². The van der Waals surface area contributed by atoms with Crippen LogP contribution < -0.4 is 0 Å². The Morgan fingerprint density at radius 2 is 1.04 bits per heavy atom. The fourth-order valence-corrected chi connectivity index (χ4v) is 13.7. The number of allylic oxidation sites excluding steroid dienone is 1. The first-order valence-corrected chi connectivity index (χ1v) is 26.9. The number of aryl methyl sites for hydroxylation is 1. The van der Waals surface area contributed by atoms with E-state index in [2.05, 4.69) is 13.0 Å². The lowest BCUT2D eigenvalue weighted by atomic mass is 9.51. The van der Waals surface area contributed by atoms with Gasteiger partial charge >= 0.3 is 0 Å². The maximum atomic E-state index is 13.9. The van der Waals surface area contributed by atoms with Crippen LogP contribution in [0.5, 0.6) is 0 Å². The Morgan fingerprint density at radius 3 is 1.53 bits per heavy atom. The van der Waals surface area contributed by atoms with Gasteiger partial charge in [-0.25, -0.2) is 0 Å². The molecule has 5 aliphatic heterocycles. The number of aliphatic hydroxyl groups excluding tert-OH is 3. The summed E-state index contributed by atoms with van der Waals surface area (Å²) in [6, 6.07) is 1.94. The van der Waals surface area contributed by atoms with Crippen molar-refractivity contribution in [2.45, 2.75) is 254 Å². The minimum atomic E-state index is -0.936. The molecule has 414 valence electrons. The van der Waals surface area contributed by atoms with Crippen molar-refractivity contribution in [1.82, 2.24) is 0 Å². The summed E-state index contributed by atoms with van der Waals surface area (Å²) < 4.78 is 92.9. The van der Waals surface area contributed by atoms with Crippen LogP contribution in [0.2, 0.25) is 0 Å². The lowest BCUT2D eigenvalue weighted by Gasteiger charge is -2.54. The van der Waals surface area contributed by atoms with Crippen LogP contribution in [-0.2, 0) is 71.1 Å². The van der Waals surface area contributed by atoms with Gasteiger partial charge in [0.25, 0.3) is 0 Å². The van der Waals surface area contributed by atoms with Crippen LogP contribution in [-0.4, -0.2) is 185 Å². The van der Waals surface area contributed by atoms with Crippen LogP contribution >= 0.6 is 0 Å². The number of aliphatic hydroxyl groups is 3. The van der Waals surface area contributed by atoms with Crippen molar-refractivity contribution >= 4 is 5.78 Å². The van der Waals surface area contributed by atoms with Crippen molar-refractivity contribution in [3.8, 4) is 0 Å². The summed E-state index contributed by atoms with van der Waals surface area (Å²) in [5, 5.41) is 33.6. The number of furan rings is 1. The van der Waals surface area contributed by atoms with Crippen LogP contribution in [0, 0.1) is 24.2 Å². The highest BCUT2D eigenvalue weighted by molar-refractivity contribution is 5.89. The van der Waals surface area contributed by atoms with Gasteiger partial charge in [-0.1, -0.05) is 18.6 Å². The first-order valence-electron chi connectivity index (χ1n) is 26.9. The molecule has 1 aromatic heterocycles. The molecule has 19 nitrogen and oxygen atoms in total. The molecule has 9 rings (SSSR count). The van der Waals surface area contributed by atoms with Crippen LogP contribution in [0.15, 0.2) is 28.4 Å². The van der Waals surface area contributed by atoms with Crippen LogP contribution in [0.1, 0.15) is 123 Å². The average Bonchev–Trinajstić information content (AvgIpc) is 3.78. The summed E-state index contributed by atoms with van der Waals surface area (Å²) in [5.41, 5.74) is 1.97. The van der Waals surface area contributed by atoms with E-state index in [0.717, 1.165) is 24.2 Å². The Labute approximate surface area is 430 Å². The zero-order chi connectivity index (χ0) is 52.0. The zero-order valence-corrected chi connectivity index (χ0v) is 44.6. The lowest BCUT2D eigenvalue weighted by Crippen LogP contribution is -2.58. The van der Waals surface area contributed by atoms with Gasteiger partial charge in [-0.3, -0.25) is 4.79 Å². The van der Waals surface area contributed by atoms with Crippen LogP contribution in [0.25, 0.3) is 0 Å². The summed E-state index contributed by atoms with van der Waals surface area (Å²) in [6.07, 6.45) is -3.59. The van der Waals surface area contributed by atoms with Crippen molar-refractivity contribution in [1.29, 1.82) is 0 Å². The zero-order valence-electron chi connectivity index (χ0n) is 44.6. The Kier molecular flexibility index (Phi) is 18.0. The van der Waals surface area contributed by atoms with E-state index in [9.17, 15) is 20.1 Å². The molecule has 19 heteroatoms. The first-order chi connectivity index (χ1) is 34.9. The number of hydrogen-bond acceptors (Lipinski definition) is 19. The van der Waals surface area contributed by atoms with Gasteiger partial charge in [0.05, 0.1) is 79.5 Å². The molecule has 2 saturated carbocycles. The topological polar surface area (TPSA) is 220 Å². The maximum Gasteiger partial charge on any atom is 0.161 e. The monoisotopic (exact) mass is 1040 g/mol. The number of hydrogen-bond donors (Lipinski definition) is 3. The Hall–Kier alpha value is -1.99. The van der Waals surface area contributed by atoms with Gasteiger partial charge in [0.1, 0.15) is 42.1 Å². The predicted octanol–water partition coefficient (Wildman–Crippen LogP) is 5.14. The smallest absolute Gasteiger partial charge is 0.161 e. The molecule has 5 saturated heterocycles. The number of ether oxygens (including phenoxy) is 14. The van der Waals surface area contributed by atoms with Gasteiger partial charge in [0.15, 0.2) is 31.5 Å². The quantitative estimate of drug-likeness (QED) is 0.194. The van der Waals surface area contributed by atoms with E-state index in [0.29, 0.717) is 44.9 Å². The van der Waals surface area contributed by atoms with Crippen molar-refractivity contribution in [2.24, 2.45) is 17.3 Å². The highest BCUT2D eigenvalue weighted by Gasteiger charge is 2.55. The molecule has 3 aliphatic carbocycles. The average molecular weight is 1040 g/mol. The Balaban J connectivity index is 0.739. The summed E-state index contributed by atoms with van der Waals surface area (Å²) in [5.74, 6) is 1.06. The van der Waals surface area contributed by atoms with E-state index in [1.807, 2.05) is 40.7 Å². The van der Waals surface area contributed by atoms with Gasteiger partial charge in [-0.15, -0.1) is 0 Å². The lowest BCUT2D eigenvalue weighted by molar-refractivity contribution is -0.351. The summed E-state index contributed by atoms with van der Waals surface area (Å²) in [7, 11) is 6.44. The number of ketones is 1. The van der Waals surface area contributed by atoms with Gasteiger partial charge in [0.2, 0.25) is 0 Å². The summed E-state index contributed by atoms with van der Waals surface area (Å²) >= 11 is 0. The third kappa shape index (κ3) is 11.6. The molecule has 26 atom stereocenters. The number of carbonyl (C=O) groups excluding carboxylic acids is 1. The highest BCUT2D eigenvalue weighted by Crippen LogP contribution is 2.58. The van der Waals surface area contributed by atoms with Crippen LogP contribution in [0.4, 0.5) is 0 Å². The molecule has 6 heterocycles. The van der Waals surface area contributed by atoms with E-state index >= 15 is 0 Å². The second-order valence-electron chi connectivity index (χ2n) is 22.3. The van der Waals surface area contributed by atoms with Gasteiger partial charge in [-0.05, 0) is 91.0 Å². The second kappa shape index (κ2) is 23.5. The number of Topliss-reactive ketones (excluding diaryl/α,β-unsaturated/α-hetero) is 1. The summed E-state index contributed by atoms with van der Waals surface area (Å²) in [6.45, 7) is 13.5. The molecule has 73 heavy (non-hydrogen) atoms. The molecule has 0 unspecified atom stereocenters. The third-order valence-corrected chi connectivity index (χ3v) is 17.8. The maximum absolute atomic E-state index is 13.9. The van der Waals surface area contributed by atoms with E-state index in [4.69, 9.17) is 70.7 Å². The molecule has 0 aromatic carbocycles. The van der Waals surface area contributed by atoms with E-state index in [1.54, 1.807) is 41.6 Å². The minimum Gasteiger partial charge on any atom is -0.469 e. The largest absolute Gasteiger partial charge is 0.469 e. The number of carbonyl (C=O) groups is 1. The Morgan fingerprint density at radius 1 is 0.575 bits per heavy atom. The summed E-state index contributed by atoms with van der Waals surface area (Å²) in [4.78, 5) is 13.9. The Bertz CT molecular complexity index is 1990. The molecule has 0 spiro atoms. The molecule has 0 radical (unpaired) electrons. The first kappa shape index (κ1) is 55.8. The van der Waals surface area contributed by atoms with E-state index in [-0.39, 0.29) is 35.4 Å². The number of methoxy groups -OCH3 is 4. The molecule has 8 aliphatic rings. The van der Waals surface area contributed by atoms with Crippen molar-refractivity contribution in [3.05, 3.63) is 35.3 Å². The fraction of sp³-hybridized carbons (Fsp3) is 0.870. The second-order valence-corrected chi connectivity index (χ2v) is 22.3. The fourth-order valence-electron chi connectivity index (χ4n) is 13.7. The third-order valence-electron chi connectivity index (χ3n) is 17.8. The van der Waals surface area contributed by atoms with E-state index in [1.165, 1.54) is 5.57 Å². The molecule has 0 bridgehead atoms. The standard InChI is InChI=1S/C54H84O19/c1-25-32(16-17-63-25)33-14-15-35-34(49(33)58)13-12-31-18-38(37(56)24-54(31,35)7)69-44-21-40(60-9)52(28(4)66-44)73-47-23-42(62-11)51(29(5)68-47)71-43-19-36(55)50(27(3)65-43)70-46-22-41(61-10)53(30(6)67-46)72-45-20-39(59-8)48(57)26(2)64-45/h12,16-17,26-30,33-48,50-53,55-57H,13-15,18-24H2,1-11H3/t26-,27+,28+,29-,30+,33+,34+,35-,36-,37+,38+,39+,40-,41+,42+,43-,44-,45-,46-,47-,48-,50+,51+,52+,53+,54-/m0/s1. The molecule has 3 N–H and O–H groups in total. The SMILES string of the molecule is CO[C@H]1C[C@H](O[C@@H]2CC3=CC[C@H]4C(=O)[C@@H](c5ccoc5C)CC[C@@H]4[C@@]3(C)C[C@H]2O)O[C@H](C)[C@H]1O[C@H]1C[C@@H](OC)[C@H](O[C@H]2C[C@H](O)[C@H](O[C@H]3C[C@@H](OC)[C@H](O[C@H]4C[C@@H](OC)[C@@H](O)[C@H](C)O4)[C@@H](C)O3)[C@@H](C)O2)[C@H](C)O1. The number of fused-ring (bicyclic) bond motifs is 3. The molecular weight excluding hydrogens is 953 g/mol. The van der Waals surface area contributed by atoms with Crippen molar-refractivity contribution in [2.75, 3.05) is 28.4 Å². The van der Waals surface area contributed by atoms with Gasteiger partial charge in [0, 0.05) is 77.9 Å². The normalized spacial score (nSPS) is 48.7. The highest BCUT2D eigenvalue weighted by atomic mass is 16.8. The minimum absolute atomic E-state index is 0.0773. The van der Waals surface area contributed by atoms with E-state index < -0.39 is 135 Å². The molecule has 7 fully saturated rings. The van der Waals surface area contributed by atoms with Crippen molar-refractivity contribution < 1.29 is 90.8 Å².